The van der Waals surface area contributed by atoms with Gasteiger partial charge in [0.2, 0.25) is 0 Å². The summed E-state index contributed by atoms with van der Waals surface area (Å²) in [7, 11) is -4.38. The molecule has 0 aliphatic rings. The van der Waals surface area contributed by atoms with Gasteiger partial charge < -0.3 is 13.6 Å². The maximum Gasteiger partial charge on any atom is 0.647 e. The minimum Gasteiger partial charge on any atom is -0.386 e. The molecule has 3 rings (SSSR count). The summed E-state index contributed by atoms with van der Waals surface area (Å²) >= 11 is 36.5. The van der Waals surface area contributed by atoms with Crippen molar-refractivity contribution >= 4 is 77.4 Å². The predicted octanol–water partition coefficient (Wildman–Crippen LogP) is 10.2. The molecule has 0 unspecified atom stereocenters. The summed E-state index contributed by atoms with van der Waals surface area (Å²) in [6, 6.07) is 8.96. The third-order valence-electron chi connectivity index (χ3n) is 4.28. The topological polar surface area (TPSA) is 44.8 Å². The third kappa shape index (κ3) is 5.93. The van der Waals surface area contributed by atoms with Gasteiger partial charge >= 0.3 is 7.82 Å². The first-order valence-corrected chi connectivity index (χ1v) is 12.7. The summed E-state index contributed by atoms with van der Waals surface area (Å²) in [6.07, 6.45) is 0. The van der Waals surface area contributed by atoms with Gasteiger partial charge in [0.1, 0.15) is 17.2 Å². The Morgan fingerprint density at radius 2 is 0.719 bits per heavy atom. The summed E-state index contributed by atoms with van der Waals surface area (Å²) in [4.78, 5) is 0. The quantitative estimate of drug-likeness (QED) is 0.275. The minimum atomic E-state index is -4.38. The Kier molecular flexibility index (Phi) is 8.10. The Morgan fingerprint density at radius 3 is 0.969 bits per heavy atom. The van der Waals surface area contributed by atoms with E-state index < -0.39 is 7.82 Å². The molecule has 0 atom stereocenters. The minimum absolute atomic E-state index is 0.151. The Balaban J connectivity index is 2.08. The van der Waals surface area contributed by atoms with Crippen LogP contribution in [0, 0.1) is 20.8 Å². The van der Waals surface area contributed by atoms with Gasteiger partial charge in [0.15, 0.2) is 0 Å². The fourth-order valence-corrected chi connectivity index (χ4v) is 5.14. The zero-order valence-electron chi connectivity index (χ0n) is 16.8. The molecule has 4 nitrogen and oxygen atoms in total. The Labute approximate surface area is 215 Å². The summed E-state index contributed by atoms with van der Waals surface area (Å²) in [5.74, 6) is 0.453. The van der Waals surface area contributed by atoms with E-state index >= 15 is 0 Å². The summed E-state index contributed by atoms with van der Waals surface area (Å²) < 4.78 is 31.1. The van der Waals surface area contributed by atoms with Gasteiger partial charge in [-0.3, -0.25) is 0 Å². The Hall–Kier alpha value is -0.970. The highest BCUT2D eigenvalue weighted by Gasteiger charge is 2.35. The molecule has 0 N–H and O–H groups in total. The number of phosphoric ester groups is 1. The Bertz CT molecular complexity index is 1100. The highest BCUT2D eigenvalue weighted by molar-refractivity contribution is 7.49. The zero-order valence-corrected chi connectivity index (χ0v) is 22.2. The second kappa shape index (κ2) is 10.1. The second-order valence-corrected chi connectivity index (χ2v) is 10.7. The van der Waals surface area contributed by atoms with Crippen LogP contribution in [-0.2, 0) is 4.57 Å². The average Bonchev–Trinajstić information content (AvgIpc) is 2.68. The molecule has 0 spiro atoms. The van der Waals surface area contributed by atoms with Crippen LogP contribution < -0.4 is 13.6 Å². The molecule has 0 saturated carbocycles. The van der Waals surface area contributed by atoms with Crippen molar-refractivity contribution in [1.82, 2.24) is 0 Å². The number of halogens is 6. The van der Waals surface area contributed by atoms with Crippen LogP contribution in [0.15, 0.2) is 36.4 Å². The van der Waals surface area contributed by atoms with Gasteiger partial charge in [-0.2, -0.15) is 4.57 Å². The maximum atomic E-state index is 13.9. The van der Waals surface area contributed by atoms with Crippen molar-refractivity contribution < 1.29 is 18.1 Å². The largest absolute Gasteiger partial charge is 0.647 e. The maximum absolute atomic E-state index is 13.9. The van der Waals surface area contributed by atoms with Crippen molar-refractivity contribution in [2.75, 3.05) is 0 Å². The first kappa shape index (κ1) is 25.6. The molecule has 170 valence electrons. The molecule has 0 aliphatic carbocycles. The van der Waals surface area contributed by atoms with Crippen LogP contribution in [0.2, 0.25) is 30.1 Å². The number of hydrogen-bond acceptors (Lipinski definition) is 4. The lowest BCUT2D eigenvalue weighted by molar-refractivity contribution is 0.296. The predicted molar refractivity (Wildman–Crippen MR) is 133 cm³/mol. The number of aryl methyl sites for hydroxylation is 3. The number of benzene rings is 3. The van der Waals surface area contributed by atoms with Crippen molar-refractivity contribution in [2.45, 2.75) is 20.8 Å². The second-order valence-electron chi connectivity index (χ2n) is 6.82. The highest BCUT2D eigenvalue weighted by Crippen LogP contribution is 2.53. The van der Waals surface area contributed by atoms with Crippen LogP contribution in [0.3, 0.4) is 0 Å². The van der Waals surface area contributed by atoms with E-state index in [2.05, 4.69) is 0 Å². The molecule has 3 aromatic rings. The van der Waals surface area contributed by atoms with Gasteiger partial charge in [0.25, 0.3) is 0 Å². The van der Waals surface area contributed by atoms with E-state index in [0.717, 1.165) is 0 Å². The van der Waals surface area contributed by atoms with E-state index in [4.69, 9.17) is 83.2 Å². The number of hydrogen-bond donors (Lipinski definition) is 0. The lowest BCUT2D eigenvalue weighted by Crippen LogP contribution is -2.09. The summed E-state index contributed by atoms with van der Waals surface area (Å²) in [6.45, 7) is 5.12. The van der Waals surface area contributed by atoms with Gasteiger partial charge in [-0.15, -0.1) is 0 Å². The molecule has 0 bridgehead atoms. The third-order valence-corrected chi connectivity index (χ3v) is 7.71. The van der Waals surface area contributed by atoms with E-state index in [-0.39, 0.29) is 32.3 Å². The lowest BCUT2D eigenvalue weighted by Gasteiger charge is -2.22. The zero-order chi connectivity index (χ0) is 23.8. The van der Waals surface area contributed by atoms with Crippen molar-refractivity contribution in [3.63, 3.8) is 0 Å². The lowest BCUT2D eigenvalue weighted by atomic mass is 10.2. The number of phosphoric acid groups is 1. The molecule has 0 aliphatic heterocycles. The molecule has 3 aromatic carbocycles. The van der Waals surface area contributed by atoms with Gasteiger partial charge in [-0.25, -0.2) is 0 Å². The van der Waals surface area contributed by atoms with Crippen molar-refractivity contribution in [2.24, 2.45) is 0 Å². The average molecular weight is 575 g/mol. The van der Waals surface area contributed by atoms with Gasteiger partial charge in [-0.1, -0.05) is 69.6 Å². The van der Waals surface area contributed by atoms with Crippen LogP contribution in [-0.4, -0.2) is 0 Å². The highest BCUT2D eigenvalue weighted by atomic mass is 35.5. The molecule has 11 heteroatoms. The van der Waals surface area contributed by atoms with Crippen LogP contribution in [0.4, 0.5) is 0 Å². The first-order valence-electron chi connectivity index (χ1n) is 8.94. The summed E-state index contributed by atoms with van der Waals surface area (Å²) in [5.41, 5.74) is 1.68. The fraction of sp³-hybridized carbons (Fsp3) is 0.143. The van der Waals surface area contributed by atoms with Crippen LogP contribution >= 0.6 is 77.4 Å². The van der Waals surface area contributed by atoms with E-state index in [0.29, 0.717) is 31.8 Å². The van der Waals surface area contributed by atoms with E-state index in [1.54, 1.807) is 39.0 Å². The van der Waals surface area contributed by atoms with E-state index in [1.807, 2.05) is 0 Å². The van der Waals surface area contributed by atoms with Crippen molar-refractivity contribution in [3.05, 3.63) is 83.2 Å². The fourth-order valence-electron chi connectivity index (χ4n) is 2.60. The SMILES string of the molecule is Cc1cc(Cl)c(Cl)cc1OP(=O)(Oc1cc(Cl)c(Cl)cc1C)Oc1cc(Cl)c(Cl)cc1C. The van der Waals surface area contributed by atoms with Gasteiger partial charge in [-0.05, 0) is 55.7 Å². The Morgan fingerprint density at radius 1 is 0.500 bits per heavy atom. The van der Waals surface area contributed by atoms with Crippen molar-refractivity contribution in [3.8, 4) is 17.2 Å². The molecule has 0 amide bonds. The molecule has 0 fully saturated rings. The van der Waals surface area contributed by atoms with Gasteiger partial charge in [0.05, 0.1) is 30.1 Å². The number of rotatable bonds is 6. The molecular formula is C21H15Cl6O4P. The smallest absolute Gasteiger partial charge is 0.386 e. The van der Waals surface area contributed by atoms with Crippen molar-refractivity contribution in [1.29, 1.82) is 0 Å². The molecule has 0 saturated heterocycles. The standard InChI is InChI=1S/C21H15Cl6O4P/c1-10-4-13(22)16(25)7-19(10)29-32(28,30-20-8-17(26)14(23)5-11(20)2)31-21-9-18(27)15(24)6-12(21)3/h4-9H,1-3H3. The molecule has 0 radical (unpaired) electrons. The summed E-state index contributed by atoms with van der Waals surface area (Å²) in [5, 5.41) is 1.55. The monoisotopic (exact) mass is 572 g/mol. The van der Waals surface area contributed by atoms with Crippen LogP contribution in [0.25, 0.3) is 0 Å². The van der Waals surface area contributed by atoms with E-state index in [1.165, 1.54) is 18.2 Å². The first-order chi connectivity index (χ1) is 14.9. The molecule has 0 aromatic heterocycles. The normalized spacial score (nSPS) is 11.4. The van der Waals surface area contributed by atoms with Gasteiger partial charge in [0, 0.05) is 18.2 Å². The molecule has 0 heterocycles. The van der Waals surface area contributed by atoms with Crippen LogP contribution in [0.1, 0.15) is 16.7 Å². The van der Waals surface area contributed by atoms with Crippen LogP contribution in [0.5, 0.6) is 17.2 Å². The molecular weight excluding hydrogens is 560 g/mol. The van der Waals surface area contributed by atoms with E-state index in [9.17, 15) is 4.57 Å². The molecule has 32 heavy (non-hydrogen) atoms.